The quantitative estimate of drug-likeness (QED) is 0.120. The van der Waals surface area contributed by atoms with Gasteiger partial charge in [0.25, 0.3) is 0 Å². The number of thioether (sulfide) groups is 1. The molecule has 8 nitrogen and oxygen atoms in total. The minimum Gasteiger partial charge on any atom is -0.490 e. The largest absolute Gasteiger partial charge is 0.490 e. The average molecular weight is 539 g/mol. The van der Waals surface area contributed by atoms with Gasteiger partial charge in [0.05, 0.1) is 6.61 Å². The van der Waals surface area contributed by atoms with E-state index >= 15 is 0 Å². The normalized spacial score (nSPS) is 11.8. The van der Waals surface area contributed by atoms with Crippen molar-refractivity contribution in [2.24, 2.45) is 0 Å². The Labute approximate surface area is 224 Å². The lowest BCUT2D eigenvalue weighted by atomic mass is 10.1. The maximum absolute atomic E-state index is 11.6. The SMILES string of the molecule is CCOc1cc([C@@H](C[N+](=O)[O-])Sc2nnc(C)n2-c2cccc(C)c2)ccc1OCc1ccccc1Cl. The molecule has 0 spiro atoms. The van der Waals surface area contributed by atoms with Gasteiger partial charge in [-0.15, -0.1) is 10.2 Å². The smallest absolute Gasteiger partial charge is 0.220 e. The van der Waals surface area contributed by atoms with Crippen LogP contribution in [0.2, 0.25) is 5.02 Å². The fraction of sp³-hybridized carbons (Fsp3) is 0.259. The predicted molar refractivity (Wildman–Crippen MR) is 145 cm³/mol. The second-order valence-corrected chi connectivity index (χ2v) is 9.92. The van der Waals surface area contributed by atoms with Crippen LogP contribution in [0.25, 0.3) is 5.69 Å². The number of hydrogen-bond acceptors (Lipinski definition) is 7. The first-order chi connectivity index (χ1) is 17.9. The number of hydrogen-bond donors (Lipinski definition) is 0. The van der Waals surface area contributed by atoms with Gasteiger partial charge < -0.3 is 9.47 Å². The van der Waals surface area contributed by atoms with Crippen molar-refractivity contribution in [1.29, 1.82) is 0 Å². The molecule has 3 aromatic carbocycles. The van der Waals surface area contributed by atoms with Crippen LogP contribution in [0.5, 0.6) is 11.5 Å². The first-order valence-electron chi connectivity index (χ1n) is 11.8. The monoisotopic (exact) mass is 538 g/mol. The number of rotatable bonds is 11. The molecule has 0 amide bonds. The highest BCUT2D eigenvalue weighted by Gasteiger charge is 2.25. The van der Waals surface area contributed by atoms with Crippen molar-refractivity contribution in [3.8, 4) is 17.2 Å². The van der Waals surface area contributed by atoms with Crippen molar-refractivity contribution >= 4 is 23.4 Å². The lowest BCUT2D eigenvalue weighted by Gasteiger charge is -2.18. The van der Waals surface area contributed by atoms with E-state index in [1.807, 2.05) is 79.9 Å². The minimum atomic E-state index is -0.529. The summed E-state index contributed by atoms with van der Waals surface area (Å²) in [5.41, 5.74) is 3.58. The van der Waals surface area contributed by atoms with E-state index in [-0.39, 0.29) is 18.1 Å². The lowest BCUT2D eigenvalue weighted by Crippen LogP contribution is -2.12. The Balaban J connectivity index is 1.63. The molecule has 192 valence electrons. The maximum atomic E-state index is 11.6. The van der Waals surface area contributed by atoms with Crippen LogP contribution >= 0.6 is 23.4 Å². The van der Waals surface area contributed by atoms with Gasteiger partial charge in [-0.25, -0.2) is 0 Å². The van der Waals surface area contributed by atoms with Gasteiger partial charge in [-0.3, -0.25) is 14.7 Å². The molecule has 1 heterocycles. The van der Waals surface area contributed by atoms with E-state index in [4.69, 9.17) is 21.1 Å². The fourth-order valence-corrected chi connectivity index (χ4v) is 5.19. The molecule has 0 bridgehead atoms. The highest BCUT2D eigenvalue weighted by atomic mass is 35.5. The summed E-state index contributed by atoms with van der Waals surface area (Å²) in [6.45, 7) is 6.14. The Morgan fingerprint density at radius 3 is 2.57 bits per heavy atom. The molecular weight excluding hydrogens is 512 g/mol. The maximum Gasteiger partial charge on any atom is 0.220 e. The van der Waals surface area contributed by atoms with Crippen molar-refractivity contribution in [1.82, 2.24) is 14.8 Å². The summed E-state index contributed by atoms with van der Waals surface area (Å²) in [5, 5.41) is 20.9. The van der Waals surface area contributed by atoms with Gasteiger partial charge in [0, 0.05) is 21.2 Å². The van der Waals surface area contributed by atoms with E-state index < -0.39 is 5.25 Å². The summed E-state index contributed by atoms with van der Waals surface area (Å²) in [6, 6.07) is 20.8. The van der Waals surface area contributed by atoms with Gasteiger partial charge in [-0.2, -0.15) is 0 Å². The third-order valence-corrected chi connectivity index (χ3v) is 7.15. The van der Waals surface area contributed by atoms with E-state index in [0.29, 0.717) is 34.1 Å². The van der Waals surface area contributed by atoms with Crippen molar-refractivity contribution < 1.29 is 14.4 Å². The average Bonchev–Trinajstić information content (AvgIpc) is 3.23. The highest BCUT2D eigenvalue weighted by molar-refractivity contribution is 7.99. The summed E-state index contributed by atoms with van der Waals surface area (Å²) < 4.78 is 13.8. The Bertz CT molecular complexity index is 1390. The first kappa shape index (κ1) is 26.5. The number of nitrogens with zero attached hydrogens (tertiary/aromatic N) is 4. The molecule has 0 aliphatic rings. The second-order valence-electron chi connectivity index (χ2n) is 8.35. The van der Waals surface area contributed by atoms with Crippen LogP contribution in [-0.2, 0) is 6.61 Å². The molecule has 1 atom stereocenters. The molecule has 4 rings (SSSR count). The minimum absolute atomic E-state index is 0.269. The Morgan fingerprint density at radius 1 is 1.03 bits per heavy atom. The van der Waals surface area contributed by atoms with E-state index in [1.165, 1.54) is 11.8 Å². The third kappa shape index (κ3) is 6.61. The summed E-state index contributed by atoms with van der Waals surface area (Å²) in [5.74, 6) is 1.75. The predicted octanol–water partition coefficient (Wildman–Crippen LogP) is 6.63. The van der Waals surface area contributed by atoms with Gasteiger partial charge in [0.2, 0.25) is 6.54 Å². The molecule has 0 unspecified atom stereocenters. The Hall–Kier alpha value is -3.56. The lowest BCUT2D eigenvalue weighted by molar-refractivity contribution is -0.479. The molecule has 0 fully saturated rings. The van der Waals surface area contributed by atoms with Crippen molar-refractivity contribution in [2.45, 2.75) is 37.8 Å². The van der Waals surface area contributed by atoms with Crippen LogP contribution in [0.15, 0.2) is 71.9 Å². The van der Waals surface area contributed by atoms with Crippen molar-refractivity contribution in [3.05, 3.63) is 104 Å². The second kappa shape index (κ2) is 12.1. The van der Waals surface area contributed by atoms with Gasteiger partial charge in [-0.1, -0.05) is 59.8 Å². The van der Waals surface area contributed by atoms with E-state index in [1.54, 1.807) is 12.1 Å². The van der Waals surface area contributed by atoms with Crippen LogP contribution in [0.4, 0.5) is 0 Å². The van der Waals surface area contributed by atoms with Crippen LogP contribution in [0.3, 0.4) is 0 Å². The standard InChI is InChI=1S/C27H27ClN4O4S/c1-4-35-25-15-20(12-13-24(25)36-17-21-9-5-6-11-23(21)28)26(16-31(33)34)37-27-30-29-19(3)32(27)22-10-7-8-18(2)14-22/h5-15,26H,4,16-17H2,1-3H3/t26-/m1/s1. The van der Waals surface area contributed by atoms with Crippen LogP contribution in [0, 0.1) is 24.0 Å². The molecule has 0 aliphatic carbocycles. The number of benzene rings is 3. The molecule has 10 heteroatoms. The Kier molecular flexibility index (Phi) is 8.68. The van der Waals surface area contributed by atoms with Crippen molar-refractivity contribution in [3.63, 3.8) is 0 Å². The summed E-state index contributed by atoms with van der Waals surface area (Å²) in [4.78, 5) is 11.3. The molecule has 0 N–H and O–H groups in total. The molecular formula is C27H27ClN4O4S. The molecule has 0 saturated carbocycles. The molecule has 4 aromatic rings. The summed E-state index contributed by atoms with van der Waals surface area (Å²) in [7, 11) is 0. The number of halogens is 1. The van der Waals surface area contributed by atoms with Gasteiger partial charge >= 0.3 is 0 Å². The molecule has 0 aliphatic heterocycles. The van der Waals surface area contributed by atoms with Gasteiger partial charge in [0.1, 0.15) is 17.7 Å². The molecule has 1 aromatic heterocycles. The number of ether oxygens (including phenoxy) is 2. The number of aryl methyl sites for hydroxylation is 2. The van der Waals surface area contributed by atoms with Crippen LogP contribution < -0.4 is 9.47 Å². The molecule has 0 radical (unpaired) electrons. The Morgan fingerprint density at radius 2 is 1.84 bits per heavy atom. The van der Waals surface area contributed by atoms with E-state index in [2.05, 4.69) is 10.2 Å². The van der Waals surface area contributed by atoms with Gasteiger partial charge in [0.15, 0.2) is 16.7 Å². The zero-order chi connectivity index (χ0) is 26.4. The fourth-order valence-electron chi connectivity index (χ4n) is 3.84. The zero-order valence-corrected chi connectivity index (χ0v) is 22.3. The molecule has 37 heavy (non-hydrogen) atoms. The number of nitro groups is 1. The van der Waals surface area contributed by atoms with E-state index in [9.17, 15) is 10.1 Å². The van der Waals surface area contributed by atoms with Crippen molar-refractivity contribution in [2.75, 3.05) is 13.2 Å². The van der Waals surface area contributed by atoms with Crippen LogP contribution in [0.1, 0.15) is 34.7 Å². The summed E-state index contributed by atoms with van der Waals surface area (Å²) in [6.07, 6.45) is 0. The number of aromatic nitrogens is 3. The molecule has 0 saturated heterocycles. The first-order valence-corrected chi connectivity index (χ1v) is 13.0. The topological polar surface area (TPSA) is 92.3 Å². The summed E-state index contributed by atoms with van der Waals surface area (Å²) >= 11 is 7.56. The van der Waals surface area contributed by atoms with Gasteiger partial charge in [-0.05, 0) is 62.2 Å². The zero-order valence-electron chi connectivity index (χ0n) is 20.8. The van der Waals surface area contributed by atoms with Crippen LogP contribution in [-0.4, -0.2) is 32.8 Å². The van der Waals surface area contributed by atoms with E-state index in [0.717, 1.165) is 22.4 Å². The third-order valence-electron chi connectivity index (χ3n) is 5.60. The highest BCUT2D eigenvalue weighted by Crippen LogP contribution is 2.40.